The van der Waals surface area contributed by atoms with Gasteiger partial charge in [-0.1, -0.05) is 6.07 Å². The summed E-state index contributed by atoms with van der Waals surface area (Å²) in [6.45, 7) is 0. The second-order valence-corrected chi connectivity index (χ2v) is 3.50. The topological polar surface area (TPSA) is 138 Å². The Morgan fingerprint density at radius 3 is 2.33 bits per heavy atom. The van der Waals surface area contributed by atoms with Crippen LogP contribution in [0.2, 0.25) is 0 Å². The van der Waals surface area contributed by atoms with E-state index < -0.39 is 0 Å². The van der Waals surface area contributed by atoms with Crippen LogP contribution in [-0.2, 0) is 0 Å². The van der Waals surface area contributed by atoms with Crippen molar-refractivity contribution >= 4 is 11.7 Å². The second kappa shape index (κ2) is 4.58. The Morgan fingerprint density at radius 2 is 1.67 bits per heavy atom. The molecule has 0 radical (unpaired) electrons. The fourth-order valence-corrected chi connectivity index (χ4v) is 1.36. The molecular formula is C11H11N7. The summed E-state index contributed by atoms with van der Waals surface area (Å²) in [4.78, 5) is 12.2. The Bertz CT molecular complexity index is 565. The van der Waals surface area contributed by atoms with Gasteiger partial charge in [0.05, 0.1) is 11.4 Å². The molecule has 0 unspecified atom stereocenters. The first-order valence-corrected chi connectivity index (χ1v) is 5.07. The van der Waals surface area contributed by atoms with Crippen LogP contribution in [-0.4, -0.2) is 26.6 Å². The van der Waals surface area contributed by atoms with Gasteiger partial charge in [-0.3, -0.25) is 10.8 Å². The summed E-state index contributed by atoms with van der Waals surface area (Å²) in [6.07, 6.45) is 1.50. The lowest BCUT2D eigenvalue weighted by atomic mass is 10.2. The SMILES string of the molecule is N=C(N)c1cccc(-c2ccnc(C(=N)N)n2)n1. The number of hydrogen-bond donors (Lipinski definition) is 4. The van der Waals surface area contributed by atoms with Crippen LogP contribution in [0.25, 0.3) is 11.4 Å². The molecule has 7 heteroatoms. The average molecular weight is 241 g/mol. The van der Waals surface area contributed by atoms with Gasteiger partial charge in [0, 0.05) is 6.20 Å². The fraction of sp³-hybridized carbons (Fsp3) is 0. The fourth-order valence-electron chi connectivity index (χ4n) is 1.36. The Hall–Kier alpha value is -2.83. The van der Waals surface area contributed by atoms with Crippen molar-refractivity contribution in [2.75, 3.05) is 0 Å². The van der Waals surface area contributed by atoms with Gasteiger partial charge in [-0.05, 0) is 18.2 Å². The van der Waals surface area contributed by atoms with Crippen molar-refractivity contribution in [2.24, 2.45) is 11.5 Å². The van der Waals surface area contributed by atoms with E-state index in [0.29, 0.717) is 17.1 Å². The molecule has 0 aromatic carbocycles. The zero-order chi connectivity index (χ0) is 13.1. The van der Waals surface area contributed by atoms with Crippen molar-refractivity contribution in [3.05, 3.63) is 42.0 Å². The van der Waals surface area contributed by atoms with Crippen molar-refractivity contribution < 1.29 is 0 Å². The highest BCUT2D eigenvalue weighted by atomic mass is 14.9. The van der Waals surface area contributed by atoms with Crippen LogP contribution in [0.4, 0.5) is 0 Å². The highest BCUT2D eigenvalue weighted by molar-refractivity contribution is 5.93. The zero-order valence-electron chi connectivity index (χ0n) is 9.38. The summed E-state index contributed by atoms with van der Waals surface area (Å²) in [5, 5.41) is 14.6. The number of pyridine rings is 1. The minimum absolute atomic E-state index is 0.113. The van der Waals surface area contributed by atoms with E-state index >= 15 is 0 Å². The number of aromatic nitrogens is 3. The molecule has 7 nitrogen and oxygen atoms in total. The quantitative estimate of drug-likeness (QED) is 0.446. The van der Waals surface area contributed by atoms with Crippen molar-refractivity contribution in [1.82, 2.24) is 15.0 Å². The molecule has 0 saturated heterocycles. The molecule has 90 valence electrons. The van der Waals surface area contributed by atoms with Crippen LogP contribution in [0.1, 0.15) is 11.5 Å². The first-order valence-electron chi connectivity index (χ1n) is 5.07. The average Bonchev–Trinajstić information content (AvgIpc) is 2.39. The third-order valence-electron chi connectivity index (χ3n) is 2.18. The van der Waals surface area contributed by atoms with Gasteiger partial charge < -0.3 is 11.5 Å². The van der Waals surface area contributed by atoms with Gasteiger partial charge in [0.15, 0.2) is 11.7 Å². The minimum atomic E-state index is -0.209. The lowest BCUT2D eigenvalue weighted by molar-refractivity contribution is 1.10. The lowest BCUT2D eigenvalue weighted by Gasteiger charge is -2.04. The number of amidine groups is 2. The van der Waals surface area contributed by atoms with Gasteiger partial charge in [-0.25, -0.2) is 15.0 Å². The van der Waals surface area contributed by atoms with Crippen molar-refractivity contribution in [3.8, 4) is 11.4 Å². The molecule has 0 spiro atoms. The van der Waals surface area contributed by atoms with Gasteiger partial charge in [0.25, 0.3) is 0 Å². The van der Waals surface area contributed by atoms with E-state index in [1.54, 1.807) is 24.3 Å². The standard InChI is InChI=1S/C11H11N7/c12-9(13)8-3-1-2-6(17-8)7-4-5-16-11(18-7)10(14)15/h1-5H,(H3,12,13)(H3,14,15). The van der Waals surface area contributed by atoms with Crippen LogP contribution in [0.5, 0.6) is 0 Å². The molecule has 2 aromatic rings. The Kier molecular flexibility index (Phi) is 2.96. The number of rotatable bonds is 3. The van der Waals surface area contributed by atoms with E-state index in [9.17, 15) is 0 Å². The van der Waals surface area contributed by atoms with Gasteiger partial charge in [0.1, 0.15) is 11.5 Å². The van der Waals surface area contributed by atoms with Crippen LogP contribution < -0.4 is 11.5 Å². The second-order valence-electron chi connectivity index (χ2n) is 3.50. The summed E-state index contributed by atoms with van der Waals surface area (Å²) in [7, 11) is 0. The summed E-state index contributed by atoms with van der Waals surface area (Å²) < 4.78 is 0. The van der Waals surface area contributed by atoms with Gasteiger partial charge in [-0.2, -0.15) is 0 Å². The minimum Gasteiger partial charge on any atom is -0.382 e. The third kappa shape index (κ3) is 2.29. The van der Waals surface area contributed by atoms with Crippen molar-refractivity contribution in [1.29, 1.82) is 10.8 Å². The monoisotopic (exact) mass is 241 g/mol. The third-order valence-corrected chi connectivity index (χ3v) is 2.18. The Morgan fingerprint density at radius 1 is 0.944 bits per heavy atom. The number of hydrogen-bond acceptors (Lipinski definition) is 5. The highest BCUT2D eigenvalue weighted by Crippen LogP contribution is 2.13. The van der Waals surface area contributed by atoms with Gasteiger partial charge >= 0.3 is 0 Å². The maximum atomic E-state index is 7.33. The number of nitrogen functional groups attached to an aromatic ring is 2. The van der Waals surface area contributed by atoms with Crippen LogP contribution in [0.3, 0.4) is 0 Å². The maximum absolute atomic E-state index is 7.33. The molecule has 0 fully saturated rings. The Labute approximate surface area is 103 Å². The van der Waals surface area contributed by atoms with Gasteiger partial charge in [0.2, 0.25) is 0 Å². The first kappa shape index (κ1) is 11.6. The number of nitrogens with zero attached hydrogens (tertiary/aromatic N) is 3. The molecular weight excluding hydrogens is 230 g/mol. The highest BCUT2D eigenvalue weighted by Gasteiger charge is 2.07. The molecule has 0 amide bonds. The molecule has 0 bridgehead atoms. The molecule has 0 atom stereocenters. The molecule has 0 aliphatic carbocycles. The van der Waals surface area contributed by atoms with E-state index in [1.807, 2.05) is 0 Å². The molecule has 18 heavy (non-hydrogen) atoms. The smallest absolute Gasteiger partial charge is 0.195 e. The first-order chi connectivity index (χ1) is 8.58. The van der Waals surface area contributed by atoms with Crippen LogP contribution in [0.15, 0.2) is 30.5 Å². The molecule has 2 heterocycles. The van der Waals surface area contributed by atoms with E-state index in [-0.39, 0.29) is 17.5 Å². The number of nitrogens with one attached hydrogen (secondary N) is 2. The van der Waals surface area contributed by atoms with E-state index in [2.05, 4.69) is 15.0 Å². The summed E-state index contributed by atoms with van der Waals surface area (Å²) in [5.74, 6) is -0.181. The van der Waals surface area contributed by atoms with E-state index in [1.165, 1.54) is 6.20 Å². The molecule has 0 aliphatic rings. The van der Waals surface area contributed by atoms with E-state index in [0.717, 1.165) is 0 Å². The maximum Gasteiger partial charge on any atom is 0.195 e. The Balaban J connectivity index is 2.48. The van der Waals surface area contributed by atoms with Crippen molar-refractivity contribution in [3.63, 3.8) is 0 Å². The predicted molar refractivity (Wildman–Crippen MR) is 67.3 cm³/mol. The molecule has 0 saturated carbocycles. The zero-order valence-corrected chi connectivity index (χ0v) is 9.38. The molecule has 0 aliphatic heterocycles. The summed E-state index contributed by atoms with van der Waals surface area (Å²) in [6, 6.07) is 6.75. The predicted octanol–water partition coefficient (Wildman–Crippen LogP) is 0.107. The summed E-state index contributed by atoms with van der Waals surface area (Å²) >= 11 is 0. The van der Waals surface area contributed by atoms with Gasteiger partial charge in [-0.15, -0.1) is 0 Å². The molecule has 6 N–H and O–H groups in total. The van der Waals surface area contributed by atoms with E-state index in [4.69, 9.17) is 22.3 Å². The normalized spacial score (nSPS) is 10.0. The van der Waals surface area contributed by atoms with Crippen LogP contribution in [0, 0.1) is 10.8 Å². The molecule has 2 rings (SSSR count). The largest absolute Gasteiger partial charge is 0.382 e. The molecule has 2 aromatic heterocycles. The number of nitrogens with two attached hydrogens (primary N) is 2. The van der Waals surface area contributed by atoms with Crippen molar-refractivity contribution in [2.45, 2.75) is 0 Å². The summed E-state index contributed by atoms with van der Waals surface area (Å²) in [5.41, 5.74) is 12.1. The lowest BCUT2D eigenvalue weighted by Crippen LogP contribution is -2.16. The van der Waals surface area contributed by atoms with Crippen LogP contribution >= 0.6 is 0 Å².